The van der Waals surface area contributed by atoms with Gasteiger partial charge in [0.25, 0.3) is 15.9 Å². The Morgan fingerprint density at radius 3 is 2.17 bits per heavy atom. The molecular weight excluding hydrogens is 662 g/mol. The molecule has 1 spiro atoms. The van der Waals surface area contributed by atoms with E-state index in [1.807, 2.05) is 116 Å². The number of hydrogen-bond acceptors (Lipinski definition) is 4. The minimum absolute atomic E-state index is 0.0636. The smallest absolute Gasteiger partial charge is 0.283 e. The van der Waals surface area contributed by atoms with Gasteiger partial charge in [0.05, 0.1) is 16.2 Å². The van der Waals surface area contributed by atoms with Gasteiger partial charge in [0.2, 0.25) is 0 Å². The molecule has 7 rings (SSSR count). The number of carbonyl (C=O) groups excluding carboxylic acids is 1. The van der Waals surface area contributed by atoms with Crippen molar-refractivity contribution in [3.8, 4) is 0 Å². The number of nitrogens with zero attached hydrogens (tertiary/aromatic N) is 2. The van der Waals surface area contributed by atoms with E-state index in [1.54, 1.807) is 24.3 Å². The molecule has 1 fully saturated rings. The predicted molar refractivity (Wildman–Crippen MR) is 182 cm³/mol. The van der Waals surface area contributed by atoms with Crippen molar-refractivity contribution in [3.05, 3.63) is 166 Å². The molecule has 3 unspecified atom stereocenters. The number of carbonyl (C=O) groups is 1. The van der Waals surface area contributed by atoms with E-state index in [0.29, 0.717) is 11.3 Å². The zero-order valence-electron chi connectivity index (χ0n) is 24.9. The van der Waals surface area contributed by atoms with Crippen molar-refractivity contribution < 1.29 is 18.0 Å². The van der Waals surface area contributed by atoms with Gasteiger partial charge in [-0.15, -0.1) is 4.40 Å². The summed E-state index contributed by atoms with van der Waals surface area (Å²) < 4.78 is 33.4. The van der Waals surface area contributed by atoms with Gasteiger partial charge in [-0.2, -0.15) is 8.42 Å². The molecule has 1 N–H and O–H groups in total. The van der Waals surface area contributed by atoms with Crippen molar-refractivity contribution >= 4 is 43.4 Å². The molecule has 3 atom stereocenters. The molecule has 1 saturated heterocycles. The number of para-hydroxylation sites is 1. The zero-order valence-corrected chi connectivity index (χ0v) is 27.3. The number of hydrogen-bond donors (Lipinski definition) is 1. The number of fused-ring (bicyclic) bond motifs is 2. The number of aryl methyl sites for hydroxylation is 1. The maximum absolute atomic E-state index is 15.0. The first-order valence-corrected chi connectivity index (χ1v) is 17.1. The lowest BCUT2D eigenvalue weighted by Crippen LogP contribution is -2.44. The maximum atomic E-state index is 15.0. The highest BCUT2D eigenvalue weighted by Crippen LogP contribution is 2.62. The van der Waals surface area contributed by atoms with Gasteiger partial charge >= 0.3 is 0 Å². The summed E-state index contributed by atoms with van der Waals surface area (Å²) in [4.78, 5) is 21.5. The summed E-state index contributed by atoms with van der Waals surface area (Å²) in [5.74, 6) is -1.03. The largest absolute Gasteiger partial charge is 0.342 e. The van der Waals surface area contributed by atoms with Gasteiger partial charge in [-0.3, -0.25) is 9.63 Å². The van der Waals surface area contributed by atoms with Crippen LogP contribution < -0.4 is 5.32 Å². The molecule has 0 saturated carbocycles. The van der Waals surface area contributed by atoms with E-state index in [4.69, 9.17) is 4.84 Å². The number of amides is 1. The van der Waals surface area contributed by atoms with Gasteiger partial charge < -0.3 is 5.32 Å². The van der Waals surface area contributed by atoms with Gasteiger partial charge in [0.15, 0.2) is 0 Å². The molecule has 2 aliphatic heterocycles. The van der Waals surface area contributed by atoms with E-state index in [0.717, 1.165) is 26.7 Å². The van der Waals surface area contributed by atoms with Crippen LogP contribution in [0.25, 0.3) is 0 Å². The van der Waals surface area contributed by atoms with E-state index >= 15 is 0 Å². The monoisotopic (exact) mass is 691 g/mol. The SMILES string of the molecule is Cc1ccc(S(=O)(=O)/N=C2\Nc3ccccc3C23C(c2ccccc2)C(=O)N(OCc2ccccc2)C3c2ccccc2Br)cc1. The Labute approximate surface area is 276 Å². The Balaban J connectivity index is 1.53. The van der Waals surface area contributed by atoms with Gasteiger partial charge in [-0.25, -0.2) is 5.06 Å². The van der Waals surface area contributed by atoms with Crippen LogP contribution in [0.4, 0.5) is 5.69 Å². The number of rotatable bonds is 7. The van der Waals surface area contributed by atoms with Gasteiger partial charge in [0, 0.05) is 10.2 Å². The maximum Gasteiger partial charge on any atom is 0.283 e. The molecular formula is C37H30BrN3O4S. The van der Waals surface area contributed by atoms with Crippen molar-refractivity contribution in [1.29, 1.82) is 0 Å². The second kappa shape index (κ2) is 12.0. The average molecular weight is 693 g/mol. The summed E-state index contributed by atoms with van der Waals surface area (Å²) in [7, 11) is -4.21. The summed E-state index contributed by atoms with van der Waals surface area (Å²) in [5, 5.41) is 4.79. The minimum Gasteiger partial charge on any atom is -0.342 e. The molecule has 5 aromatic rings. The molecule has 46 heavy (non-hydrogen) atoms. The predicted octanol–water partition coefficient (Wildman–Crippen LogP) is 7.71. The first kappa shape index (κ1) is 30.1. The fourth-order valence-corrected chi connectivity index (χ4v) is 8.15. The fourth-order valence-electron chi connectivity index (χ4n) is 6.63. The highest BCUT2D eigenvalue weighted by atomic mass is 79.9. The molecule has 0 radical (unpaired) electrons. The Morgan fingerprint density at radius 1 is 0.826 bits per heavy atom. The van der Waals surface area contributed by atoms with Crippen molar-refractivity contribution in [2.45, 2.75) is 35.8 Å². The van der Waals surface area contributed by atoms with Crippen molar-refractivity contribution in [2.24, 2.45) is 4.40 Å². The van der Waals surface area contributed by atoms with E-state index < -0.39 is 27.4 Å². The van der Waals surface area contributed by atoms with E-state index in [9.17, 15) is 13.2 Å². The number of benzene rings is 5. The first-order valence-electron chi connectivity index (χ1n) is 14.9. The lowest BCUT2D eigenvalue weighted by Gasteiger charge is -2.37. The summed E-state index contributed by atoms with van der Waals surface area (Å²) in [6.07, 6.45) is 0. The normalized spacial score (nSPS) is 21.5. The lowest BCUT2D eigenvalue weighted by atomic mass is 9.64. The number of anilines is 1. The topological polar surface area (TPSA) is 88.1 Å². The number of amidine groups is 1. The summed E-state index contributed by atoms with van der Waals surface area (Å²) >= 11 is 3.75. The summed E-state index contributed by atoms with van der Waals surface area (Å²) in [5.41, 5.74) is 3.39. The number of sulfonamides is 1. The molecule has 2 heterocycles. The molecule has 0 bridgehead atoms. The lowest BCUT2D eigenvalue weighted by molar-refractivity contribution is -0.198. The molecule has 0 aliphatic carbocycles. The van der Waals surface area contributed by atoms with Crippen LogP contribution in [0.1, 0.15) is 39.8 Å². The molecule has 5 aromatic carbocycles. The average Bonchev–Trinajstić information content (AvgIpc) is 3.51. The van der Waals surface area contributed by atoms with E-state index in [1.165, 1.54) is 5.06 Å². The highest BCUT2D eigenvalue weighted by Gasteiger charge is 2.68. The van der Waals surface area contributed by atoms with Crippen LogP contribution in [0, 0.1) is 6.92 Å². The Hall–Kier alpha value is -4.57. The fraction of sp³-hybridized carbons (Fsp3) is 0.135. The molecule has 0 aromatic heterocycles. The zero-order chi connectivity index (χ0) is 31.9. The summed E-state index contributed by atoms with van der Waals surface area (Å²) in [6, 6.07) is 40.1. The second-order valence-electron chi connectivity index (χ2n) is 11.5. The molecule has 9 heteroatoms. The summed E-state index contributed by atoms with van der Waals surface area (Å²) in [6.45, 7) is 2.03. The van der Waals surface area contributed by atoms with Crippen molar-refractivity contribution in [1.82, 2.24) is 5.06 Å². The highest BCUT2D eigenvalue weighted by molar-refractivity contribution is 9.10. The van der Waals surface area contributed by atoms with Gasteiger partial charge in [-0.1, -0.05) is 131 Å². The van der Waals surface area contributed by atoms with Crippen molar-refractivity contribution in [2.75, 3.05) is 5.32 Å². The van der Waals surface area contributed by atoms with Gasteiger partial charge in [-0.05, 0) is 53.4 Å². The second-order valence-corrected chi connectivity index (χ2v) is 13.9. The Kier molecular flexibility index (Phi) is 7.84. The standard InChI is InChI=1S/C37H30BrN3O4S/c1-25-20-22-28(23-21-25)46(43,44)40-36-37(30-17-9-11-19-32(30)39-36)33(27-14-6-3-7-15-27)35(42)41(45-24-26-12-4-2-5-13-26)34(37)29-16-8-10-18-31(29)38/h2-23,33-34H,24H2,1H3,(H,39,40). The third-order valence-corrected chi connectivity index (χ3v) is 10.7. The third kappa shape index (κ3) is 5.05. The van der Waals surface area contributed by atoms with Crippen LogP contribution >= 0.6 is 15.9 Å². The quantitative estimate of drug-likeness (QED) is 0.189. The molecule has 2 aliphatic rings. The number of halogens is 1. The van der Waals surface area contributed by atoms with Crippen molar-refractivity contribution in [3.63, 3.8) is 0 Å². The molecule has 7 nitrogen and oxygen atoms in total. The van der Waals surface area contributed by atoms with E-state index in [-0.39, 0.29) is 23.2 Å². The van der Waals surface area contributed by atoms with Crippen LogP contribution in [0.15, 0.2) is 147 Å². The van der Waals surface area contributed by atoms with Crippen LogP contribution in [-0.4, -0.2) is 25.2 Å². The first-order chi connectivity index (χ1) is 22.3. The van der Waals surface area contributed by atoms with Gasteiger partial charge in [0.1, 0.15) is 18.5 Å². The molecule has 1 amide bonds. The third-order valence-electron chi connectivity index (χ3n) is 8.68. The number of hydroxylamine groups is 2. The van der Waals surface area contributed by atoms with Crippen LogP contribution in [0.5, 0.6) is 0 Å². The van der Waals surface area contributed by atoms with Crippen LogP contribution in [0.3, 0.4) is 0 Å². The number of nitrogens with one attached hydrogen (secondary N) is 1. The van der Waals surface area contributed by atoms with E-state index in [2.05, 4.69) is 25.6 Å². The Morgan fingerprint density at radius 2 is 1.46 bits per heavy atom. The van der Waals surface area contributed by atoms with Crippen LogP contribution in [-0.2, 0) is 31.7 Å². The molecule has 230 valence electrons. The Bertz CT molecular complexity index is 2050. The minimum atomic E-state index is -4.21. The van der Waals surface area contributed by atoms with Crippen LogP contribution in [0.2, 0.25) is 0 Å².